The highest BCUT2D eigenvalue weighted by molar-refractivity contribution is 7.11. The average Bonchev–Trinajstić information content (AvgIpc) is 2.88. The van der Waals surface area contributed by atoms with E-state index in [0.29, 0.717) is 12.1 Å². The van der Waals surface area contributed by atoms with Gasteiger partial charge in [0.2, 0.25) is 0 Å². The van der Waals surface area contributed by atoms with Crippen LogP contribution in [0.5, 0.6) is 0 Å². The van der Waals surface area contributed by atoms with Gasteiger partial charge in [0.15, 0.2) is 0 Å². The lowest BCUT2D eigenvalue weighted by atomic mass is 10.1. The highest BCUT2D eigenvalue weighted by Gasteiger charge is 2.13. The Balaban J connectivity index is 1.89. The highest BCUT2D eigenvalue weighted by atomic mass is 32.1. The molecule has 0 aliphatic heterocycles. The molecule has 0 aliphatic rings. The number of nitrogens with zero attached hydrogens (tertiary/aromatic N) is 1. The Labute approximate surface area is 119 Å². The van der Waals surface area contributed by atoms with Crippen LogP contribution in [0.2, 0.25) is 0 Å². The Kier molecular flexibility index (Phi) is 5.11. The molecule has 2 atom stereocenters. The summed E-state index contributed by atoms with van der Waals surface area (Å²) in [6, 6.07) is 11.4. The fourth-order valence-corrected chi connectivity index (χ4v) is 3.08. The van der Waals surface area contributed by atoms with Gasteiger partial charge in [0.1, 0.15) is 5.01 Å². The standard InChI is InChI=1S/C16H22N2S/c1-4-15-11-17-16(19-15)13(3)18-12(2)10-14-8-6-5-7-9-14/h5-9,11-13,18H,4,10H2,1-3H3. The van der Waals surface area contributed by atoms with Gasteiger partial charge in [0.05, 0.1) is 6.04 Å². The number of hydrogen-bond acceptors (Lipinski definition) is 3. The molecule has 0 radical (unpaired) electrons. The first-order valence-electron chi connectivity index (χ1n) is 6.93. The number of hydrogen-bond donors (Lipinski definition) is 1. The normalized spacial score (nSPS) is 14.3. The van der Waals surface area contributed by atoms with Crippen molar-refractivity contribution in [2.75, 3.05) is 0 Å². The minimum atomic E-state index is 0.323. The summed E-state index contributed by atoms with van der Waals surface area (Å²) in [5.74, 6) is 0. The van der Waals surface area contributed by atoms with Crippen molar-refractivity contribution in [3.63, 3.8) is 0 Å². The van der Waals surface area contributed by atoms with Crippen LogP contribution in [0, 0.1) is 0 Å². The van der Waals surface area contributed by atoms with E-state index in [1.165, 1.54) is 15.4 Å². The molecule has 2 aromatic rings. The molecule has 0 amide bonds. The lowest BCUT2D eigenvalue weighted by Crippen LogP contribution is -2.30. The Morgan fingerprint density at radius 2 is 1.95 bits per heavy atom. The van der Waals surface area contributed by atoms with Crippen LogP contribution in [0.3, 0.4) is 0 Å². The molecule has 102 valence electrons. The smallest absolute Gasteiger partial charge is 0.109 e. The number of nitrogens with one attached hydrogen (secondary N) is 1. The molecule has 0 spiro atoms. The molecule has 19 heavy (non-hydrogen) atoms. The lowest BCUT2D eigenvalue weighted by molar-refractivity contribution is 0.476. The molecule has 2 nitrogen and oxygen atoms in total. The third-order valence-electron chi connectivity index (χ3n) is 3.21. The maximum absolute atomic E-state index is 4.50. The van der Waals surface area contributed by atoms with Gasteiger partial charge in [0.25, 0.3) is 0 Å². The van der Waals surface area contributed by atoms with Crippen molar-refractivity contribution in [2.24, 2.45) is 0 Å². The van der Waals surface area contributed by atoms with E-state index in [1.807, 2.05) is 17.5 Å². The second-order valence-corrected chi connectivity index (χ2v) is 6.14. The number of thiazole rings is 1. The minimum absolute atomic E-state index is 0.323. The third-order valence-corrected chi connectivity index (χ3v) is 4.53. The third kappa shape index (κ3) is 4.15. The largest absolute Gasteiger partial charge is 0.305 e. The Hall–Kier alpha value is -1.19. The molecular formula is C16H22N2S. The van der Waals surface area contributed by atoms with Gasteiger partial charge in [-0.2, -0.15) is 0 Å². The van der Waals surface area contributed by atoms with Gasteiger partial charge < -0.3 is 5.32 Å². The van der Waals surface area contributed by atoms with Gasteiger partial charge in [-0.1, -0.05) is 37.3 Å². The first-order chi connectivity index (χ1) is 9.19. The Morgan fingerprint density at radius 1 is 1.21 bits per heavy atom. The quantitative estimate of drug-likeness (QED) is 0.861. The summed E-state index contributed by atoms with van der Waals surface area (Å²) in [5, 5.41) is 4.82. The molecule has 1 heterocycles. The fraction of sp³-hybridized carbons (Fsp3) is 0.438. The number of benzene rings is 1. The lowest BCUT2D eigenvalue weighted by Gasteiger charge is -2.18. The van der Waals surface area contributed by atoms with Crippen LogP contribution in [0.1, 0.15) is 42.3 Å². The molecule has 2 rings (SSSR count). The van der Waals surface area contributed by atoms with E-state index in [4.69, 9.17) is 0 Å². The van der Waals surface area contributed by atoms with Crippen molar-refractivity contribution < 1.29 is 0 Å². The van der Waals surface area contributed by atoms with Crippen molar-refractivity contribution in [3.8, 4) is 0 Å². The summed E-state index contributed by atoms with van der Waals surface area (Å²) in [6.45, 7) is 6.60. The van der Waals surface area contributed by atoms with Gasteiger partial charge >= 0.3 is 0 Å². The Morgan fingerprint density at radius 3 is 2.58 bits per heavy atom. The van der Waals surface area contributed by atoms with Crippen LogP contribution < -0.4 is 5.32 Å². The number of aromatic nitrogens is 1. The van der Waals surface area contributed by atoms with Gasteiger partial charge in [0, 0.05) is 17.1 Å². The van der Waals surface area contributed by atoms with E-state index in [1.54, 1.807) is 0 Å². The van der Waals surface area contributed by atoms with Crippen LogP contribution >= 0.6 is 11.3 Å². The van der Waals surface area contributed by atoms with E-state index < -0.39 is 0 Å². The number of aryl methyl sites for hydroxylation is 1. The zero-order chi connectivity index (χ0) is 13.7. The van der Waals surface area contributed by atoms with Gasteiger partial charge in [-0.25, -0.2) is 4.98 Å². The van der Waals surface area contributed by atoms with Gasteiger partial charge in [-0.3, -0.25) is 0 Å². The van der Waals surface area contributed by atoms with E-state index in [2.05, 4.69) is 61.4 Å². The van der Waals surface area contributed by atoms with E-state index in [0.717, 1.165) is 12.8 Å². The minimum Gasteiger partial charge on any atom is -0.305 e. The maximum atomic E-state index is 4.50. The summed E-state index contributed by atoms with van der Waals surface area (Å²) >= 11 is 1.82. The monoisotopic (exact) mass is 274 g/mol. The summed E-state index contributed by atoms with van der Waals surface area (Å²) in [5.41, 5.74) is 1.38. The zero-order valence-electron chi connectivity index (χ0n) is 11.9. The summed E-state index contributed by atoms with van der Waals surface area (Å²) < 4.78 is 0. The average molecular weight is 274 g/mol. The van der Waals surface area contributed by atoms with Gasteiger partial charge in [-0.05, 0) is 32.3 Å². The van der Waals surface area contributed by atoms with Gasteiger partial charge in [-0.15, -0.1) is 11.3 Å². The topological polar surface area (TPSA) is 24.9 Å². The van der Waals surface area contributed by atoms with E-state index in [9.17, 15) is 0 Å². The van der Waals surface area contributed by atoms with Crippen molar-refractivity contribution in [3.05, 3.63) is 52.0 Å². The summed E-state index contributed by atoms with van der Waals surface area (Å²) in [6.07, 6.45) is 4.13. The molecule has 1 N–H and O–H groups in total. The molecule has 0 bridgehead atoms. The summed E-state index contributed by atoms with van der Waals surface area (Å²) in [7, 11) is 0. The fourth-order valence-electron chi connectivity index (χ4n) is 2.21. The molecule has 1 aromatic carbocycles. The molecule has 3 heteroatoms. The predicted molar refractivity (Wildman–Crippen MR) is 82.7 cm³/mol. The first-order valence-corrected chi connectivity index (χ1v) is 7.75. The van der Waals surface area contributed by atoms with Crippen LogP contribution in [0.15, 0.2) is 36.5 Å². The molecule has 2 unspecified atom stereocenters. The molecule has 1 aromatic heterocycles. The van der Waals surface area contributed by atoms with Crippen molar-refractivity contribution in [2.45, 2.75) is 45.7 Å². The Bertz CT molecular complexity index is 492. The highest BCUT2D eigenvalue weighted by Crippen LogP contribution is 2.21. The maximum Gasteiger partial charge on any atom is 0.109 e. The SMILES string of the molecule is CCc1cnc(C(C)NC(C)Cc2ccccc2)s1. The van der Waals surface area contributed by atoms with E-state index >= 15 is 0 Å². The van der Waals surface area contributed by atoms with E-state index in [-0.39, 0.29) is 0 Å². The molecule has 0 aliphatic carbocycles. The summed E-state index contributed by atoms with van der Waals surface area (Å²) in [4.78, 5) is 5.86. The van der Waals surface area contributed by atoms with Crippen LogP contribution in [-0.4, -0.2) is 11.0 Å². The molecular weight excluding hydrogens is 252 g/mol. The van der Waals surface area contributed by atoms with Crippen LogP contribution in [0.25, 0.3) is 0 Å². The second kappa shape index (κ2) is 6.83. The van der Waals surface area contributed by atoms with Crippen molar-refractivity contribution in [1.82, 2.24) is 10.3 Å². The zero-order valence-corrected chi connectivity index (χ0v) is 12.7. The molecule has 0 saturated heterocycles. The number of rotatable bonds is 6. The first kappa shape index (κ1) is 14.2. The second-order valence-electron chi connectivity index (χ2n) is 5.00. The van der Waals surface area contributed by atoms with Crippen LogP contribution in [-0.2, 0) is 12.8 Å². The predicted octanol–water partition coefficient (Wildman–Crippen LogP) is 3.99. The van der Waals surface area contributed by atoms with Crippen molar-refractivity contribution in [1.29, 1.82) is 0 Å². The molecule has 0 fully saturated rings. The van der Waals surface area contributed by atoms with Crippen molar-refractivity contribution >= 4 is 11.3 Å². The van der Waals surface area contributed by atoms with Crippen LogP contribution in [0.4, 0.5) is 0 Å². The molecule has 0 saturated carbocycles.